The fourth-order valence-corrected chi connectivity index (χ4v) is 4.29. The van der Waals surface area contributed by atoms with Gasteiger partial charge in [-0.25, -0.2) is 0 Å². The molecular formula is C23H28F3NO6. The standard InChI is InChI=1S/C23H28F3NO6/c1-11(12(2)28)22-19(32-22)7-14-10-31-18(21(30)20(14)29)9-16-8-17(27-33-16)13-3-5-15(6-4-13)23(24,25)26/h3-6,8,11-12,14,18-22,28-30H,7,9-10H2,1-2H3/t11-,12-,14-,18-,19-,20+,21-,22-/m0/s1. The molecule has 3 heterocycles. The van der Waals surface area contributed by atoms with Crippen molar-refractivity contribution >= 4 is 0 Å². The van der Waals surface area contributed by atoms with E-state index in [0.29, 0.717) is 23.4 Å². The maximum absolute atomic E-state index is 12.7. The van der Waals surface area contributed by atoms with Crippen LogP contribution in [0.1, 0.15) is 31.6 Å². The molecule has 3 N–H and O–H groups in total. The van der Waals surface area contributed by atoms with Crippen molar-refractivity contribution in [3.63, 3.8) is 0 Å². The fraction of sp³-hybridized carbons (Fsp3) is 0.609. The van der Waals surface area contributed by atoms with E-state index in [0.717, 1.165) is 12.1 Å². The summed E-state index contributed by atoms with van der Waals surface area (Å²) in [5.41, 5.74) is 0.0840. The zero-order valence-electron chi connectivity index (χ0n) is 18.3. The highest BCUT2D eigenvalue weighted by molar-refractivity contribution is 5.59. The highest BCUT2D eigenvalue weighted by Crippen LogP contribution is 2.38. The van der Waals surface area contributed by atoms with Crippen LogP contribution in [0.3, 0.4) is 0 Å². The Kier molecular flexibility index (Phi) is 6.84. The Balaban J connectivity index is 1.32. The molecule has 7 nitrogen and oxygen atoms in total. The first-order valence-corrected chi connectivity index (χ1v) is 11.0. The van der Waals surface area contributed by atoms with Crippen molar-refractivity contribution in [3.05, 3.63) is 41.7 Å². The SMILES string of the molecule is C[C@H]([C@@H]1O[C@H]1C[C@H]1CO[C@@H](Cc2cc(-c3ccc(C(F)(F)F)cc3)no2)[C@H](O)[C@@H]1O)[C@H](C)O. The quantitative estimate of drug-likeness (QED) is 0.533. The molecule has 4 rings (SSSR count). The molecule has 0 radical (unpaired) electrons. The van der Waals surface area contributed by atoms with E-state index in [1.165, 1.54) is 12.1 Å². The van der Waals surface area contributed by atoms with Gasteiger partial charge in [-0.3, -0.25) is 0 Å². The van der Waals surface area contributed by atoms with Crippen molar-refractivity contribution in [1.82, 2.24) is 5.16 Å². The molecule has 8 atom stereocenters. The molecule has 2 fully saturated rings. The summed E-state index contributed by atoms with van der Waals surface area (Å²) in [4.78, 5) is 0. The summed E-state index contributed by atoms with van der Waals surface area (Å²) in [6.07, 6.45) is -7.24. The number of benzene rings is 1. The lowest BCUT2D eigenvalue weighted by Crippen LogP contribution is -2.51. The number of halogens is 3. The molecule has 1 aromatic heterocycles. The van der Waals surface area contributed by atoms with Gasteiger partial charge in [0.1, 0.15) is 17.6 Å². The summed E-state index contributed by atoms with van der Waals surface area (Å²) >= 11 is 0. The number of epoxide rings is 1. The lowest BCUT2D eigenvalue weighted by Gasteiger charge is -2.37. The summed E-state index contributed by atoms with van der Waals surface area (Å²) in [7, 11) is 0. The molecule has 0 amide bonds. The second-order valence-corrected chi connectivity index (χ2v) is 9.05. The Morgan fingerprint density at radius 1 is 1.09 bits per heavy atom. The molecule has 0 unspecified atom stereocenters. The predicted molar refractivity (Wildman–Crippen MR) is 110 cm³/mol. The molecule has 0 spiro atoms. The van der Waals surface area contributed by atoms with Crippen molar-refractivity contribution < 1.29 is 42.5 Å². The molecule has 2 aromatic rings. The highest BCUT2D eigenvalue weighted by atomic mass is 19.4. The molecule has 10 heteroatoms. The van der Waals surface area contributed by atoms with Crippen molar-refractivity contribution in [2.24, 2.45) is 11.8 Å². The number of ether oxygens (including phenoxy) is 2. The van der Waals surface area contributed by atoms with E-state index in [1.807, 2.05) is 6.92 Å². The van der Waals surface area contributed by atoms with E-state index >= 15 is 0 Å². The monoisotopic (exact) mass is 471 g/mol. The maximum Gasteiger partial charge on any atom is 0.416 e. The van der Waals surface area contributed by atoms with Crippen LogP contribution in [0.2, 0.25) is 0 Å². The minimum Gasteiger partial charge on any atom is -0.393 e. The Morgan fingerprint density at radius 2 is 1.79 bits per heavy atom. The van der Waals surface area contributed by atoms with Crippen molar-refractivity contribution in [2.45, 2.75) is 69.5 Å². The normalized spacial score (nSPS) is 31.9. The first-order valence-electron chi connectivity index (χ1n) is 11.0. The summed E-state index contributed by atoms with van der Waals surface area (Å²) in [6, 6.07) is 6.17. The molecule has 0 aliphatic carbocycles. The largest absolute Gasteiger partial charge is 0.416 e. The molecule has 2 aliphatic heterocycles. The van der Waals surface area contributed by atoms with Crippen LogP contribution in [0.4, 0.5) is 13.2 Å². The summed E-state index contributed by atoms with van der Waals surface area (Å²) in [5, 5.41) is 34.8. The molecule has 2 saturated heterocycles. The van der Waals surface area contributed by atoms with Gasteiger partial charge in [0.25, 0.3) is 0 Å². The summed E-state index contributed by atoms with van der Waals surface area (Å²) in [6.45, 7) is 3.85. The van der Waals surface area contributed by atoms with Crippen LogP contribution in [0.5, 0.6) is 0 Å². The highest BCUT2D eigenvalue weighted by Gasteiger charge is 2.48. The molecule has 0 bridgehead atoms. The average molecular weight is 471 g/mol. The van der Waals surface area contributed by atoms with E-state index in [-0.39, 0.29) is 37.1 Å². The Bertz CT molecular complexity index is 931. The van der Waals surface area contributed by atoms with Crippen molar-refractivity contribution in [3.8, 4) is 11.3 Å². The number of aliphatic hydroxyl groups excluding tert-OH is 3. The van der Waals surface area contributed by atoms with Gasteiger partial charge in [0.2, 0.25) is 0 Å². The number of alkyl halides is 3. The van der Waals surface area contributed by atoms with Gasteiger partial charge >= 0.3 is 6.18 Å². The topological polar surface area (TPSA) is 108 Å². The van der Waals surface area contributed by atoms with Crippen LogP contribution in [0.15, 0.2) is 34.9 Å². The van der Waals surface area contributed by atoms with Crippen LogP contribution in [-0.2, 0) is 22.1 Å². The number of hydrogen-bond acceptors (Lipinski definition) is 7. The van der Waals surface area contributed by atoms with Crippen LogP contribution < -0.4 is 0 Å². The Morgan fingerprint density at radius 3 is 2.42 bits per heavy atom. The van der Waals surface area contributed by atoms with E-state index in [4.69, 9.17) is 14.0 Å². The van der Waals surface area contributed by atoms with Crippen LogP contribution in [0.25, 0.3) is 11.3 Å². The van der Waals surface area contributed by atoms with Crippen LogP contribution in [0, 0.1) is 11.8 Å². The zero-order chi connectivity index (χ0) is 23.9. The predicted octanol–water partition coefficient (Wildman–Crippen LogP) is 2.81. The lowest BCUT2D eigenvalue weighted by atomic mass is 9.86. The second-order valence-electron chi connectivity index (χ2n) is 9.05. The fourth-order valence-electron chi connectivity index (χ4n) is 4.29. The molecular weight excluding hydrogens is 443 g/mol. The van der Waals surface area contributed by atoms with E-state index in [2.05, 4.69) is 5.16 Å². The third-order valence-electron chi connectivity index (χ3n) is 6.64. The van der Waals surface area contributed by atoms with Gasteiger partial charge in [-0.1, -0.05) is 24.2 Å². The number of aromatic nitrogens is 1. The summed E-state index contributed by atoms with van der Waals surface area (Å²) < 4.78 is 54.9. The van der Waals surface area contributed by atoms with Crippen molar-refractivity contribution in [2.75, 3.05) is 6.61 Å². The minimum atomic E-state index is -4.41. The number of hydrogen-bond donors (Lipinski definition) is 3. The third-order valence-corrected chi connectivity index (χ3v) is 6.64. The van der Waals surface area contributed by atoms with Gasteiger partial charge in [-0.2, -0.15) is 13.2 Å². The molecule has 1 aromatic carbocycles. The smallest absolute Gasteiger partial charge is 0.393 e. The van der Waals surface area contributed by atoms with E-state index in [9.17, 15) is 28.5 Å². The van der Waals surface area contributed by atoms with Crippen LogP contribution in [-0.4, -0.2) is 63.7 Å². The molecule has 0 saturated carbocycles. The number of nitrogens with zero attached hydrogens (tertiary/aromatic N) is 1. The van der Waals surface area contributed by atoms with E-state index < -0.39 is 36.2 Å². The molecule has 182 valence electrons. The average Bonchev–Trinajstić information content (AvgIpc) is 3.37. The van der Waals surface area contributed by atoms with Gasteiger partial charge in [0.15, 0.2) is 0 Å². The number of rotatable bonds is 7. The second kappa shape index (κ2) is 9.34. The lowest BCUT2D eigenvalue weighted by molar-refractivity contribution is -0.166. The van der Waals surface area contributed by atoms with Gasteiger partial charge in [-0.05, 0) is 25.5 Å². The first-order chi connectivity index (χ1) is 15.5. The van der Waals surface area contributed by atoms with Gasteiger partial charge in [0, 0.05) is 29.9 Å². The zero-order valence-corrected chi connectivity index (χ0v) is 18.3. The van der Waals surface area contributed by atoms with Gasteiger partial charge < -0.3 is 29.3 Å². The summed E-state index contributed by atoms with van der Waals surface area (Å²) in [5.74, 6) is 0.0699. The molecule has 2 aliphatic rings. The van der Waals surface area contributed by atoms with E-state index in [1.54, 1.807) is 13.0 Å². The Hall–Kier alpha value is -1.98. The Labute approximate surface area is 189 Å². The van der Waals surface area contributed by atoms with Crippen LogP contribution >= 0.6 is 0 Å². The van der Waals surface area contributed by atoms with Gasteiger partial charge in [-0.15, -0.1) is 0 Å². The first kappa shape index (κ1) is 24.2. The van der Waals surface area contributed by atoms with Gasteiger partial charge in [0.05, 0.1) is 42.7 Å². The molecule has 33 heavy (non-hydrogen) atoms. The van der Waals surface area contributed by atoms with Crippen molar-refractivity contribution in [1.29, 1.82) is 0 Å². The number of aliphatic hydroxyl groups is 3. The minimum absolute atomic E-state index is 0.0142. The maximum atomic E-state index is 12.7. The third kappa shape index (κ3) is 5.41.